The van der Waals surface area contributed by atoms with Crippen LogP contribution in [0.1, 0.15) is 44.7 Å². The summed E-state index contributed by atoms with van der Waals surface area (Å²) in [5, 5.41) is 5.71. The molecular formula is C18H22N2O. The number of allylic oxidation sites excluding steroid dienone is 2. The number of ketones is 1. The lowest BCUT2D eigenvalue weighted by molar-refractivity contribution is -0.114. The predicted octanol–water partition coefficient (Wildman–Crippen LogP) is 4.06. The molecule has 0 spiro atoms. The van der Waals surface area contributed by atoms with Gasteiger partial charge in [0.05, 0.1) is 17.6 Å². The maximum Gasteiger partial charge on any atom is 0.161 e. The van der Waals surface area contributed by atoms with E-state index in [2.05, 4.69) is 24.2 Å². The second-order valence-electron chi connectivity index (χ2n) is 5.79. The summed E-state index contributed by atoms with van der Waals surface area (Å²) in [6.07, 6.45) is 8.23. The molecule has 1 fully saturated rings. The van der Waals surface area contributed by atoms with E-state index in [1.807, 2.05) is 22.9 Å². The fourth-order valence-electron chi connectivity index (χ4n) is 3.16. The number of rotatable bonds is 4. The van der Waals surface area contributed by atoms with Gasteiger partial charge in [0.25, 0.3) is 0 Å². The van der Waals surface area contributed by atoms with Crippen LogP contribution in [0.5, 0.6) is 0 Å². The highest BCUT2D eigenvalue weighted by atomic mass is 16.1. The van der Waals surface area contributed by atoms with E-state index in [9.17, 15) is 4.79 Å². The minimum atomic E-state index is 0.193. The average Bonchev–Trinajstić information content (AvgIpc) is 2.86. The van der Waals surface area contributed by atoms with Crippen LogP contribution in [-0.2, 0) is 17.8 Å². The second-order valence-corrected chi connectivity index (χ2v) is 5.79. The van der Waals surface area contributed by atoms with E-state index in [0.717, 1.165) is 36.0 Å². The van der Waals surface area contributed by atoms with Crippen molar-refractivity contribution in [2.75, 3.05) is 0 Å². The van der Waals surface area contributed by atoms with Crippen molar-refractivity contribution in [2.45, 2.75) is 52.0 Å². The van der Waals surface area contributed by atoms with Gasteiger partial charge in [-0.1, -0.05) is 30.2 Å². The van der Waals surface area contributed by atoms with Crippen LogP contribution in [0.3, 0.4) is 0 Å². The zero-order valence-corrected chi connectivity index (χ0v) is 12.6. The first kappa shape index (κ1) is 14.1. The Balaban J connectivity index is 1.83. The molecular weight excluding hydrogens is 260 g/mol. The highest BCUT2D eigenvalue weighted by Gasteiger charge is 2.13. The molecule has 1 aromatic heterocycles. The summed E-state index contributed by atoms with van der Waals surface area (Å²) < 4.78 is 1.98. The van der Waals surface area contributed by atoms with Crippen LogP contribution in [0.25, 0.3) is 10.9 Å². The molecule has 1 heterocycles. The van der Waals surface area contributed by atoms with E-state index in [4.69, 9.17) is 0 Å². The second kappa shape index (κ2) is 6.25. The quantitative estimate of drug-likeness (QED) is 0.793. The summed E-state index contributed by atoms with van der Waals surface area (Å²) in [6, 6.07) is 8.16. The Morgan fingerprint density at radius 2 is 2.00 bits per heavy atom. The van der Waals surface area contributed by atoms with Crippen LogP contribution in [0.4, 0.5) is 0 Å². The predicted molar refractivity (Wildman–Crippen MR) is 85.3 cm³/mol. The smallest absolute Gasteiger partial charge is 0.161 e. The number of benzene rings is 1. The Hall–Kier alpha value is -1.90. The molecule has 2 aromatic rings. The van der Waals surface area contributed by atoms with Gasteiger partial charge in [-0.2, -0.15) is 5.10 Å². The molecule has 110 valence electrons. The average molecular weight is 282 g/mol. The van der Waals surface area contributed by atoms with Gasteiger partial charge in [-0.15, -0.1) is 0 Å². The third-order valence-corrected chi connectivity index (χ3v) is 4.24. The standard InChI is InChI=1S/C18H22N2O/c1-2-20-18-11-7-6-10-16(18)17(19-20)13-15(21)12-14-8-4-3-5-9-14/h6-7,10-12H,2-5,8-9,13H2,1H3. The molecule has 0 aliphatic heterocycles. The summed E-state index contributed by atoms with van der Waals surface area (Å²) in [6.45, 7) is 2.91. The molecule has 21 heavy (non-hydrogen) atoms. The number of aromatic nitrogens is 2. The van der Waals surface area contributed by atoms with Gasteiger partial charge in [-0.25, -0.2) is 0 Å². The molecule has 1 aliphatic carbocycles. The van der Waals surface area contributed by atoms with Gasteiger partial charge in [-0.05, 0) is 44.7 Å². The Bertz CT molecular complexity index is 674. The summed E-state index contributed by atoms with van der Waals surface area (Å²) in [5.41, 5.74) is 3.35. The molecule has 1 aliphatic rings. The van der Waals surface area contributed by atoms with Gasteiger partial charge >= 0.3 is 0 Å². The lowest BCUT2D eigenvalue weighted by atomic mass is 9.93. The number of nitrogens with zero attached hydrogens (tertiary/aromatic N) is 2. The summed E-state index contributed by atoms with van der Waals surface area (Å²) in [5.74, 6) is 0.193. The first-order valence-corrected chi connectivity index (χ1v) is 7.94. The van der Waals surface area contributed by atoms with Crippen molar-refractivity contribution in [1.82, 2.24) is 9.78 Å². The van der Waals surface area contributed by atoms with Crippen LogP contribution < -0.4 is 0 Å². The van der Waals surface area contributed by atoms with Gasteiger partial charge in [0, 0.05) is 11.9 Å². The Morgan fingerprint density at radius 3 is 2.76 bits per heavy atom. The van der Waals surface area contributed by atoms with E-state index >= 15 is 0 Å². The number of aryl methyl sites for hydroxylation is 1. The fourth-order valence-corrected chi connectivity index (χ4v) is 3.16. The van der Waals surface area contributed by atoms with Crippen molar-refractivity contribution in [3.63, 3.8) is 0 Å². The number of hydrogen-bond acceptors (Lipinski definition) is 2. The molecule has 0 atom stereocenters. The van der Waals surface area contributed by atoms with Gasteiger partial charge in [-0.3, -0.25) is 9.48 Å². The first-order chi connectivity index (χ1) is 10.3. The molecule has 0 unspecified atom stereocenters. The molecule has 3 rings (SSSR count). The monoisotopic (exact) mass is 282 g/mol. The molecule has 0 amide bonds. The number of carbonyl (C=O) groups is 1. The third-order valence-electron chi connectivity index (χ3n) is 4.24. The van der Waals surface area contributed by atoms with Crippen LogP contribution in [0, 0.1) is 0 Å². The molecule has 1 saturated carbocycles. The van der Waals surface area contributed by atoms with Crippen LogP contribution in [0.2, 0.25) is 0 Å². The molecule has 0 radical (unpaired) electrons. The van der Waals surface area contributed by atoms with Crippen molar-refractivity contribution in [3.8, 4) is 0 Å². The largest absolute Gasteiger partial charge is 0.294 e. The van der Waals surface area contributed by atoms with Crippen LogP contribution in [-0.4, -0.2) is 15.6 Å². The third kappa shape index (κ3) is 3.07. The Labute approximate surface area is 125 Å². The van der Waals surface area contributed by atoms with Crippen molar-refractivity contribution in [3.05, 3.63) is 41.6 Å². The van der Waals surface area contributed by atoms with E-state index in [1.54, 1.807) is 0 Å². The summed E-state index contributed by atoms with van der Waals surface area (Å²) in [4.78, 5) is 12.3. The van der Waals surface area contributed by atoms with Gasteiger partial charge < -0.3 is 0 Å². The fraction of sp³-hybridized carbons (Fsp3) is 0.444. The lowest BCUT2D eigenvalue weighted by Crippen LogP contribution is -2.04. The molecule has 3 nitrogen and oxygen atoms in total. The highest BCUT2D eigenvalue weighted by Crippen LogP contribution is 2.23. The van der Waals surface area contributed by atoms with E-state index in [0.29, 0.717) is 6.42 Å². The minimum Gasteiger partial charge on any atom is -0.294 e. The molecule has 0 N–H and O–H groups in total. The minimum absolute atomic E-state index is 0.193. The van der Waals surface area contributed by atoms with Crippen molar-refractivity contribution < 1.29 is 4.79 Å². The number of carbonyl (C=O) groups excluding carboxylic acids is 1. The Morgan fingerprint density at radius 1 is 1.24 bits per heavy atom. The number of hydrogen-bond donors (Lipinski definition) is 0. The van der Waals surface area contributed by atoms with E-state index < -0.39 is 0 Å². The van der Waals surface area contributed by atoms with E-state index in [1.165, 1.54) is 24.8 Å². The summed E-state index contributed by atoms with van der Waals surface area (Å²) >= 11 is 0. The molecule has 1 aromatic carbocycles. The van der Waals surface area contributed by atoms with Crippen LogP contribution >= 0.6 is 0 Å². The SMILES string of the molecule is CCn1nc(CC(=O)C=C2CCCCC2)c2ccccc21. The van der Waals surface area contributed by atoms with Crippen molar-refractivity contribution in [1.29, 1.82) is 0 Å². The van der Waals surface area contributed by atoms with Crippen molar-refractivity contribution in [2.24, 2.45) is 0 Å². The molecule has 0 bridgehead atoms. The molecule has 0 saturated heterocycles. The first-order valence-electron chi connectivity index (χ1n) is 7.94. The summed E-state index contributed by atoms with van der Waals surface area (Å²) in [7, 11) is 0. The topological polar surface area (TPSA) is 34.9 Å². The zero-order valence-electron chi connectivity index (χ0n) is 12.6. The van der Waals surface area contributed by atoms with Gasteiger partial charge in [0.2, 0.25) is 0 Å². The maximum atomic E-state index is 12.3. The van der Waals surface area contributed by atoms with E-state index in [-0.39, 0.29) is 5.78 Å². The Kier molecular flexibility index (Phi) is 4.18. The van der Waals surface area contributed by atoms with Crippen molar-refractivity contribution >= 4 is 16.7 Å². The lowest BCUT2D eigenvalue weighted by Gasteiger charge is -2.12. The maximum absolute atomic E-state index is 12.3. The number of para-hydroxylation sites is 1. The molecule has 3 heteroatoms. The van der Waals surface area contributed by atoms with Crippen LogP contribution in [0.15, 0.2) is 35.9 Å². The highest BCUT2D eigenvalue weighted by molar-refractivity contribution is 5.95. The number of fused-ring (bicyclic) bond motifs is 1. The van der Waals surface area contributed by atoms with Gasteiger partial charge in [0.1, 0.15) is 0 Å². The normalized spacial score (nSPS) is 15.4. The van der Waals surface area contributed by atoms with Gasteiger partial charge in [0.15, 0.2) is 5.78 Å². The zero-order chi connectivity index (χ0) is 14.7.